The molecule has 1 aromatic carbocycles. The molecule has 0 radical (unpaired) electrons. The summed E-state index contributed by atoms with van der Waals surface area (Å²) in [7, 11) is 1.75. The number of carbonyl (C=O) groups is 1. The average molecular weight is 270 g/mol. The Morgan fingerprint density at radius 2 is 2.05 bits per heavy atom. The molecule has 100 valence electrons. The van der Waals surface area contributed by atoms with E-state index < -0.39 is 11.7 Å². The molecule has 0 fully saturated rings. The van der Waals surface area contributed by atoms with Crippen LogP contribution in [0.4, 0.5) is 15.8 Å². The molecule has 1 heterocycles. The quantitative estimate of drug-likeness (QED) is 0.897. The Balaban J connectivity index is 2.17. The van der Waals surface area contributed by atoms with Gasteiger partial charge in [-0.05, 0) is 30.3 Å². The molecular formula is C14H11FN4O. The molecule has 0 bridgehead atoms. The fraction of sp³-hybridized carbons (Fsp3) is 0.0714. The van der Waals surface area contributed by atoms with Crippen molar-refractivity contribution in [3.05, 3.63) is 53.6 Å². The van der Waals surface area contributed by atoms with Crippen LogP contribution in [-0.2, 0) is 0 Å². The Labute approximate surface area is 115 Å². The van der Waals surface area contributed by atoms with E-state index in [9.17, 15) is 9.18 Å². The third-order valence-corrected chi connectivity index (χ3v) is 2.63. The molecular weight excluding hydrogens is 259 g/mol. The van der Waals surface area contributed by atoms with Crippen LogP contribution in [-0.4, -0.2) is 17.9 Å². The zero-order chi connectivity index (χ0) is 14.5. The first kappa shape index (κ1) is 13.5. The van der Waals surface area contributed by atoms with Crippen LogP contribution in [0.3, 0.4) is 0 Å². The lowest BCUT2D eigenvalue weighted by molar-refractivity contribution is 0.102. The van der Waals surface area contributed by atoms with Gasteiger partial charge in [0.15, 0.2) is 0 Å². The Morgan fingerprint density at radius 3 is 2.65 bits per heavy atom. The van der Waals surface area contributed by atoms with Crippen LogP contribution in [0.15, 0.2) is 36.5 Å². The van der Waals surface area contributed by atoms with Crippen molar-refractivity contribution in [1.29, 1.82) is 5.26 Å². The van der Waals surface area contributed by atoms with Crippen molar-refractivity contribution in [2.24, 2.45) is 0 Å². The van der Waals surface area contributed by atoms with E-state index >= 15 is 0 Å². The molecule has 1 amide bonds. The summed E-state index contributed by atoms with van der Waals surface area (Å²) in [6.07, 6.45) is 1.53. The second-order valence-corrected chi connectivity index (χ2v) is 3.94. The second-order valence-electron chi connectivity index (χ2n) is 3.94. The number of nitriles is 1. The highest BCUT2D eigenvalue weighted by Gasteiger charge is 2.09. The van der Waals surface area contributed by atoms with Crippen molar-refractivity contribution in [2.75, 3.05) is 17.7 Å². The van der Waals surface area contributed by atoms with Gasteiger partial charge in [0.2, 0.25) is 0 Å². The van der Waals surface area contributed by atoms with Gasteiger partial charge in [-0.3, -0.25) is 4.79 Å². The van der Waals surface area contributed by atoms with Gasteiger partial charge < -0.3 is 10.6 Å². The van der Waals surface area contributed by atoms with Gasteiger partial charge in [0, 0.05) is 12.7 Å². The van der Waals surface area contributed by atoms with Gasteiger partial charge >= 0.3 is 0 Å². The fourth-order valence-corrected chi connectivity index (χ4v) is 1.56. The van der Waals surface area contributed by atoms with Gasteiger partial charge in [-0.15, -0.1) is 0 Å². The third-order valence-electron chi connectivity index (χ3n) is 2.63. The number of hydrogen-bond acceptors (Lipinski definition) is 4. The Kier molecular flexibility index (Phi) is 3.91. The normalized spacial score (nSPS) is 9.65. The van der Waals surface area contributed by atoms with E-state index in [0.29, 0.717) is 5.69 Å². The predicted molar refractivity (Wildman–Crippen MR) is 72.9 cm³/mol. The zero-order valence-corrected chi connectivity index (χ0v) is 10.6. The van der Waals surface area contributed by atoms with Crippen molar-refractivity contribution in [2.45, 2.75) is 0 Å². The minimum absolute atomic E-state index is 0.124. The second kappa shape index (κ2) is 5.80. The van der Waals surface area contributed by atoms with E-state index in [1.54, 1.807) is 25.2 Å². The Hall–Kier alpha value is -2.94. The number of aromatic nitrogens is 1. The number of nitrogens with zero attached hydrogens (tertiary/aromatic N) is 2. The number of anilines is 2. The van der Waals surface area contributed by atoms with Crippen LogP contribution >= 0.6 is 0 Å². The number of hydrogen-bond donors (Lipinski definition) is 2. The van der Waals surface area contributed by atoms with Crippen LogP contribution in [0.2, 0.25) is 0 Å². The van der Waals surface area contributed by atoms with E-state index in [4.69, 9.17) is 5.26 Å². The zero-order valence-electron chi connectivity index (χ0n) is 10.6. The molecule has 6 heteroatoms. The van der Waals surface area contributed by atoms with Gasteiger partial charge in [-0.25, -0.2) is 9.37 Å². The summed E-state index contributed by atoms with van der Waals surface area (Å²) in [6, 6.07) is 8.78. The third kappa shape index (κ3) is 2.90. The van der Waals surface area contributed by atoms with E-state index in [2.05, 4.69) is 15.6 Å². The minimum Gasteiger partial charge on any atom is -0.387 e. The smallest absolute Gasteiger partial charge is 0.274 e. The maximum absolute atomic E-state index is 13.2. The summed E-state index contributed by atoms with van der Waals surface area (Å²) >= 11 is 0. The topological polar surface area (TPSA) is 77.8 Å². The van der Waals surface area contributed by atoms with E-state index in [1.165, 1.54) is 18.3 Å². The molecule has 0 aliphatic carbocycles. The number of halogens is 1. The van der Waals surface area contributed by atoms with Crippen molar-refractivity contribution in [3.8, 4) is 6.07 Å². The summed E-state index contributed by atoms with van der Waals surface area (Å²) in [5, 5.41) is 14.2. The summed E-state index contributed by atoms with van der Waals surface area (Å²) in [5.41, 5.74) is 1.23. The molecule has 0 saturated carbocycles. The maximum Gasteiger partial charge on any atom is 0.274 e. The summed E-state index contributed by atoms with van der Waals surface area (Å²) < 4.78 is 13.2. The molecule has 0 saturated heterocycles. The fourth-order valence-electron chi connectivity index (χ4n) is 1.56. The first-order valence-corrected chi connectivity index (χ1v) is 5.79. The van der Waals surface area contributed by atoms with Crippen molar-refractivity contribution >= 4 is 17.3 Å². The van der Waals surface area contributed by atoms with Crippen molar-refractivity contribution in [3.63, 3.8) is 0 Å². The summed E-state index contributed by atoms with van der Waals surface area (Å²) in [5.74, 6) is -1.05. The number of carbonyl (C=O) groups excluding carboxylic acids is 1. The van der Waals surface area contributed by atoms with Crippen LogP contribution in [0.5, 0.6) is 0 Å². The van der Waals surface area contributed by atoms with E-state index in [-0.39, 0.29) is 11.3 Å². The Bertz CT molecular complexity index is 677. The molecule has 1 aromatic heterocycles. The largest absolute Gasteiger partial charge is 0.387 e. The molecule has 2 aromatic rings. The van der Waals surface area contributed by atoms with Crippen LogP contribution in [0.25, 0.3) is 0 Å². The molecule has 5 nitrogen and oxygen atoms in total. The number of nitrogens with one attached hydrogen (secondary N) is 2. The predicted octanol–water partition coefficient (Wildman–Crippen LogP) is 2.39. The lowest BCUT2D eigenvalue weighted by Crippen LogP contribution is -2.13. The van der Waals surface area contributed by atoms with Crippen molar-refractivity contribution in [1.82, 2.24) is 4.98 Å². The minimum atomic E-state index is -0.623. The molecule has 2 rings (SSSR count). The first-order chi connectivity index (χ1) is 9.63. The van der Waals surface area contributed by atoms with Crippen LogP contribution < -0.4 is 10.6 Å². The number of rotatable bonds is 3. The van der Waals surface area contributed by atoms with E-state index in [0.717, 1.165) is 11.8 Å². The maximum atomic E-state index is 13.2. The summed E-state index contributed by atoms with van der Waals surface area (Å²) in [6.45, 7) is 0. The van der Waals surface area contributed by atoms with Crippen molar-refractivity contribution < 1.29 is 9.18 Å². The molecule has 0 unspecified atom stereocenters. The van der Waals surface area contributed by atoms with Crippen LogP contribution in [0, 0.1) is 17.1 Å². The SMILES string of the molecule is CNc1ccc(C(=O)Nc2ccc(F)c(C#N)c2)nc1. The highest BCUT2D eigenvalue weighted by molar-refractivity contribution is 6.03. The lowest BCUT2D eigenvalue weighted by atomic mass is 10.2. The molecule has 2 N–H and O–H groups in total. The van der Waals surface area contributed by atoms with E-state index in [1.807, 2.05) is 0 Å². The van der Waals surface area contributed by atoms with Gasteiger partial charge in [0.05, 0.1) is 17.4 Å². The average Bonchev–Trinajstić information content (AvgIpc) is 2.49. The van der Waals surface area contributed by atoms with Gasteiger partial charge in [-0.1, -0.05) is 0 Å². The monoisotopic (exact) mass is 270 g/mol. The number of amides is 1. The van der Waals surface area contributed by atoms with Gasteiger partial charge in [0.1, 0.15) is 17.6 Å². The highest BCUT2D eigenvalue weighted by atomic mass is 19.1. The van der Waals surface area contributed by atoms with Gasteiger partial charge in [-0.2, -0.15) is 5.26 Å². The number of benzene rings is 1. The number of pyridine rings is 1. The highest BCUT2D eigenvalue weighted by Crippen LogP contribution is 2.15. The molecule has 0 spiro atoms. The Morgan fingerprint density at radius 1 is 1.30 bits per heavy atom. The van der Waals surface area contributed by atoms with Crippen LogP contribution in [0.1, 0.15) is 16.1 Å². The van der Waals surface area contributed by atoms with Gasteiger partial charge in [0.25, 0.3) is 5.91 Å². The first-order valence-electron chi connectivity index (χ1n) is 5.79. The molecule has 0 aliphatic heterocycles. The molecule has 0 atom stereocenters. The lowest BCUT2D eigenvalue weighted by Gasteiger charge is -2.06. The molecule has 0 aliphatic rings. The summed E-state index contributed by atoms with van der Waals surface area (Å²) in [4.78, 5) is 15.9. The molecule has 20 heavy (non-hydrogen) atoms. The standard InChI is InChI=1S/C14H11FN4O/c1-17-11-3-5-13(18-8-11)14(20)19-10-2-4-12(15)9(6-10)7-16/h2-6,8,17H,1H3,(H,19,20).